The Bertz CT molecular complexity index is 36.2. The van der Waals surface area contributed by atoms with Gasteiger partial charge in [0.2, 0.25) is 0 Å². The summed E-state index contributed by atoms with van der Waals surface area (Å²) >= 11 is -2.10. The summed E-state index contributed by atoms with van der Waals surface area (Å²) in [6.07, 6.45) is 0. The first kappa shape index (κ1) is 9.40. The maximum absolute atomic E-state index is 8.50. The average molecular weight is 208 g/mol. The molecule has 0 rings (SSSR count). The normalized spacial score (nSPS) is 2.80. The van der Waals surface area contributed by atoms with E-state index < -0.39 is 19.1 Å². The van der Waals surface area contributed by atoms with Gasteiger partial charge in [0.1, 0.15) is 0 Å². The number of hydrogen-bond acceptors (Lipinski definition) is 3. The van der Waals surface area contributed by atoms with Crippen LogP contribution in [0.1, 0.15) is 0 Å². The van der Waals surface area contributed by atoms with Gasteiger partial charge in [-0.15, -0.1) is 0 Å². The summed E-state index contributed by atoms with van der Waals surface area (Å²) in [4.78, 5) is 0. The Kier molecular flexibility index (Phi) is 37.2. The van der Waals surface area contributed by atoms with Crippen molar-refractivity contribution in [2.75, 3.05) is 0 Å². The van der Waals surface area contributed by atoms with Gasteiger partial charge in [0.05, 0.1) is 0 Å². The molecule has 0 bridgehead atoms. The van der Waals surface area contributed by atoms with Crippen molar-refractivity contribution >= 4 is 0 Å². The molecule has 0 aliphatic rings. The first-order chi connectivity index (χ1) is 2.41. The van der Waals surface area contributed by atoms with Crippen LogP contribution in [0.2, 0.25) is 0 Å². The van der Waals surface area contributed by atoms with Gasteiger partial charge in [-0.2, -0.15) is 0 Å². The zero-order valence-corrected chi connectivity index (χ0v) is 8.03. The molecule has 5 heteroatoms. The van der Waals surface area contributed by atoms with Crippen molar-refractivity contribution < 1.29 is 54.2 Å². The van der Waals surface area contributed by atoms with E-state index in [1.807, 2.05) is 0 Å². The first-order valence-electron chi connectivity index (χ1n) is 0.697. The predicted octanol–water partition coefficient (Wildman–Crippen LogP) is -0.361. The van der Waals surface area contributed by atoms with Gasteiger partial charge in [0, 0.05) is 0 Å². The van der Waals surface area contributed by atoms with Gasteiger partial charge in [-0.1, -0.05) is 0 Å². The predicted molar refractivity (Wildman–Crippen MR) is 2.06 cm³/mol. The number of rotatable bonds is 0. The van der Waals surface area contributed by atoms with E-state index in [9.17, 15) is 0 Å². The van der Waals surface area contributed by atoms with Crippen LogP contribution in [-0.2, 0) is 54.2 Å². The molecule has 0 atom stereocenters. The van der Waals surface area contributed by atoms with Gasteiger partial charge in [-0.25, -0.2) is 0 Å². The fourth-order valence-corrected chi connectivity index (χ4v) is 0. The first-order valence-corrected chi connectivity index (χ1v) is 3.62. The molecule has 0 aromatic heterocycles. The molecule has 0 N–H and O–H groups in total. The van der Waals surface area contributed by atoms with Crippen LogP contribution in [0, 0.1) is 0 Å². The molecule has 0 aromatic carbocycles. The Hall–Kier alpha value is 1.04. The van der Waals surface area contributed by atoms with Crippen LogP contribution < -0.4 is 0 Å². The van der Waals surface area contributed by atoms with Crippen molar-refractivity contribution in [2.45, 2.75) is 0 Å². The minimum atomic E-state index is -2.00. The third-order valence-electron chi connectivity index (χ3n) is 0. The summed E-state index contributed by atoms with van der Waals surface area (Å²) < 4.78 is 25.4. The third-order valence-corrected chi connectivity index (χ3v) is 0. The van der Waals surface area contributed by atoms with Crippen LogP contribution in [0.3, 0.4) is 0 Å². The van der Waals surface area contributed by atoms with Crippen LogP contribution in [0.4, 0.5) is 0 Å². The second-order valence-corrected chi connectivity index (χ2v) is 0.344. The molecule has 0 fully saturated rings. The summed E-state index contributed by atoms with van der Waals surface area (Å²) in [7, 11) is 0. The zero-order valence-electron chi connectivity index (χ0n) is 2.43. The van der Waals surface area contributed by atoms with Crippen molar-refractivity contribution in [3.63, 3.8) is 0 Å². The molecule has 3 nitrogen and oxygen atoms in total. The molecule has 0 saturated carbocycles. The van der Waals surface area contributed by atoms with E-state index >= 15 is 0 Å². The summed E-state index contributed by atoms with van der Waals surface area (Å²) in [6.45, 7) is 0. The molecule has 0 heterocycles. The minimum absolute atomic E-state index is 0.1000. The average Bonchev–Trinajstić information content (AvgIpc) is 1.46. The quantitative estimate of drug-likeness (QED) is 0.511. The standard InChI is InChI=1S/Cd.3O.Ti. The SMILES string of the molecule is [O]=[Cd].[O]=[Ti]=[O]. The fraction of sp³-hybridized carbons (Fsp3) is 0. The second-order valence-electron chi connectivity index (χ2n) is 0.0833. The topological polar surface area (TPSA) is 51.2 Å². The van der Waals surface area contributed by atoms with Crippen LogP contribution in [0.15, 0.2) is 0 Å². The summed E-state index contributed by atoms with van der Waals surface area (Å²) in [5.41, 5.74) is 0. The van der Waals surface area contributed by atoms with Gasteiger partial charge < -0.3 is 0 Å². The Morgan fingerprint density at radius 2 is 1.20 bits per heavy atom. The van der Waals surface area contributed by atoms with Crippen molar-refractivity contribution in [1.82, 2.24) is 0 Å². The summed E-state index contributed by atoms with van der Waals surface area (Å²) in [6, 6.07) is 0. The fourth-order valence-electron chi connectivity index (χ4n) is 0. The van der Waals surface area contributed by atoms with E-state index in [1.165, 1.54) is 0 Å². The molecule has 0 spiro atoms. The molecule has 0 amide bonds. The molecule has 5 heavy (non-hydrogen) atoms. The molecule has 0 saturated heterocycles. The molecule has 0 aliphatic carbocycles. The van der Waals surface area contributed by atoms with Gasteiger partial charge in [-0.3, -0.25) is 0 Å². The van der Waals surface area contributed by atoms with Gasteiger partial charge >= 0.3 is 54.2 Å². The molecular formula is CdO3Ti. The van der Waals surface area contributed by atoms with Crippen LogP contribution >= 0.6 is 0 Å². The van der Waals surface area contributed by atoms with Crippen molar-refractivity contribution in [2.24, 2.45) is 0 Å². The van der Waals surface area contributed by atoms with E-state index in [0.29, 0.717) is 0 Å². The third kappa shape index (κ3) is 43.2. The van der Waals surface area contributed by atoms with E-state index in [0.717, 1.165) is 0 Å². The Morgan fingerprint density at radius 1 is 1.20 bits per heavy atom. The Morgan fingerprint density at radius 3 is 1.20 bits per heavy atom. The van der Waals surface area contributed by atoms with E-state index in [2.05, 4.69) is 0 Å². The molecule has 0 unspecified atom stereocenters. The van der Waals surface area contributed by atoms with Gasteiger partial charge in [-0.05, 0) is 0 Å². The summed E-state index contributed by atoms with van der Waals surface area (Å²) in [5, 5.41) is 0. The Balaban J connectivity index is 0. The monoisotopic (exact) mass is 210 g/mol. The molecule has 0 aromatic rings. The van der Waals surface area contributed by atoms with E-state index in [-0.39, 0.29) is 25.8 Å². The van der Waals surface area contributed by atoms with E-state index in [4.69, 9.17) is 9.33 Å². The molecule has 0 radical (unpaired) electrons. The maximum atomic E-state index is 8.50. The van der Waals surface area contributed by atoms with Crippen LogP contribution in [0.25, 0.3) is 0 Å². The zero-order chi connectivity index (χ0) is 4.71. The molecular weight excluding hydrogens is 208 g/mol. The van der Waals surface area contributed by atoms with Crippen molar-refractivity contribution in [1.29, 1.82) is 0 Å². The van der Waals surface area contributed by atoms with Gasteiger partial charge in [0.25, 0.3) is 0 Å². The molecule has 24 valence electrons. The van der Waals surface area contributed by atoms with E-state index in [1.54, 1.807) is 0 Å². The van der Waals surface area contributed by atoms with Crippen molar-refractivity contribution in [3.8, 4) is 0 Å². The van der Waals surface area contributed by atoms with Crippen LogP contribution in [-0.4, -0.2) is 0 Å². The van der Waals surface area contributed by atoms with Crippen LogP contribution in [0.5, 0.6) is 0 Å². The van der Waals surface area contributed by atoms with Crippen molar-refractivity contribution in [3.05, 3.63) is 0 Å². The Labute approximate surface area is 53.9 Å². The summed E-state index contributed by atoms with van der Waals surface area (Å²) in [5.74, 6) is 0. The number of hydrogen-bond donors (Lipinski definition) is 0. The second kappa shape index (κ2) is 19.8. The van der Waals surface area contributed by atoms with Gasteiger partial charge in [0.15, 0.2) is 0 Å². The molecule has 0 aliphatic heterocycles.